The van der Waals surface area contributed by atoms with Crippen LogP contribution in [-0.4, -0.2) is 22.6 Å². The lowest BCUT2D eigenvalue weighted by Gasteiger charge is -2.16. The van der Waals surface area contributed by atoms with Gasteiger partial charge in [0, 0.05) is 5.92 Å². The molecule has 0 aliphatic heterocycles. The zero-order valence-corrected chi connectivity index (χ0v) is 13.3. The largest absolute Gasteiger partial charge is 0.464 e. The van der Waals surface area contributed by atoms with Gasteiger partial charge in [-0.2, -0.15) is 0 Å². The number of rotatable bonds is 4. The maximum absolute atomic E-state index is 12.7. The van der Waals surface area contributed by atoms with Gasteiger partial charge in [-0.3, -0.25) is 9.36 Å². The highest BCUT2D eigenvalue weighted by molar-refractivity contribution is 5.88. The molecular formula is C17H20N2O3. The van der Waals surface area contributed by atoms with Gasteiger partial charge < -0.3 is 4.74 Å². The molecule has 5 heteroatoms. The Morgan fingerprint density at radius 2 is 1.91 bits per heavy atom. The average Bonchev–Trinajstić information content (AvgIpc) is 2.50. The molecule has 116 valence electrons. The lowest BCUT2D eigenvalue weighted by Crippen LogP contribution is -2.33. The van der Waals surface area contributed by atoms with Gasteiger partial charge >= 0.3 is 5.97 Å². The Morgan fingerprint density at radius 1 is 1.27 bits per heavy atom. The van der Waals surface area contributed by atoms with Crippen LogP contribution in [0.25, 0.3) is 0 Å². The predicted octanol–water partition coefficient (Wildman–Crippen LogP) is 2.51. The van der Waals surface area contributed by atoms with E-state index in [0.717, 1.165) is 5.56 Å². The monoisotopic (exact) mass is 300 g/mol. The van der Waals surface area contributed by atoms with Crippen LogP contribution in [-0.2, 0) is 11.3 Å². The van der Waals surface area contributed by atoms with Gasteiger partial charge in [0.25, 0.3) is 5.56 Å². The van der Waals surface area contributed by atoms with E-state index in [2.05, 4.69) is 4.98 Å². The van der Waals surface area contributed by atoms with Crippen molar-refractivity contribution in [2.24, 2.45) is 0 Å². The van der Waals surface area contributed by atoms with Crippen molar-refractivity contribution < 1.29 is 9.53 Å². The Balaban J connectivity index is 2.66. The van der Waals surface area contributed by atoms with Crippen molar-refractivity contribution in [1.29, 1.82) is 0 Å². The summed E-state index contributed by atoms with van der Waals surface area (Å²) >= 11 is 0. The number of benzene rings is 1. The third kappa shape index (κ3) is 3.08. The maximum atomic E-state index is 12.7. The normalized spacial score (nSPS) is 10.8. The molecule has 0 atom stereocenters. The molecule has 0 N–H and O–H groups in total. The molecule has 0 spiro atoms. The molecule has 5 nitrogen and oxygen atoms in total. The van der Waals surface area contributed by atoms with Crippen LogP contribution in [0, 0.1) is 6.92 Å². The van der Waals surface area contributed by atoms with Crippen LogP contribution in [0.5, 0.6) is 0 Å². The smallest absolute Gasteiger partial charge is 0.356 e. The van der Waals surface area contributed by atoms with Gasteiger partial charge in [0.05, 0.1) is 19.3 Å². The van der Waals surface area contributed by atoms with E-state index in [9.17, 15) is 9.59 Å². The minimum atomic E-state index is -0.548. The number of aromatic nitrogens is 2. The fraction of sp³-hybridized carbons (Fsp3) is 0.353. The summed E-state index contributed by atoms with van der Waals surface area (Å²) in [6.45, 7) is 5.86. The Labute approximate surface area is 129 Å². The molecule has 2 rings (SSSR count). The van der Waals surface area contributed by atoms with Gasteiger partial charge in [-0.25, -0.2) is 9.78 Å². The Bertz CT molecular complexity index is 734. The number of aryl methyl sites for hydroxylation is 1. The summed E-state index contributed by atoms with van der Waals surface area (Å²) in [5, 5.41) is 0. The van der Waals surface area contributed by atoms with Crippen molar-refractivity contribution in [3.05, 3.63) is 63.3 Å². The molecular weight excluding hydrogens is 280 g/mol. The molecule has 0 bridgehead atoms. The minimum absolute atomic E-state index is 0.0140. The van der Waals surface area contributed by atoms with Crippen molar-refractivity contribution in [2.45, 2.75) is 33.2 Å². The lowest BCUT2D eigenvalue weighted by atomic mass is 10.1. The van der Waals surface area contributed by atoms with Crippen LogP contribution < -0.4 is 5.56 Å². The second kappa shape index (κ2) is 6.56. The van der Waals surface area contributed by atoms with Crippen molar-refractivity contribution in [1.82, 2.24) is 9.55 Å². The predicted molar refractivity (Wildman–Crippen MR) is 84.2 cm³/mol. The van der Waals surface area contributed by atoms with E-state index in [0.29, 0.717) is 17.9 Å². The Kier molecular flexibility index (Phi) is 4.75. The number of hydrogen-bond donors (Lipinski definition) is 0. The molecule has 0 aliphatic rings. The summed E-state index contributed by atoms with van der Waals surface area (Å²) in [4.78, 5) is 29.1. The Morgan fingerprint density at radius 3 is 2.45 bits per heavy atom. The fourth-order valence-electron chi connectivity index (χ4n) is 2.36. The van der Waals surface area contributed by atoms with Crippen LogP contribution in [0.1, 0.15) is 47.2 Å². The van der Waals surface area contributed by atoms with Gasteiger partial charge in [0.1, 0.15) is 5.69 Å². The van der Waals surface area contributed by atoms with E-state index >= 15 is 0 Å². The molecule has 1 heterocycles. The molecule has 0 amide bonds. The number of carbonyl (C=O) groups excluding carboxylic acids is 1. The SMILES string of the molecule is COC(=O)c1c(C)nc(C(C)C)c(=O)n1Cc1ccccc1. The molecule has 0 saturated carbocycles. The van der Waals surface area contributed by atoms with Gasteiger partial charge in [-0.15, -0.1) is 0 Å². The summed E-state index contributed by atoms with van der Waals surface area (Å²) in [6, 6.07) is 9.53. The summed E-state index contributed by atoms with van der Waals surface area (Å²) in [6.07, 6.45) is 0. The van der Waals surface area contributed by atoms with E-state index in [4.69, 9.17) is 4.74 Å². The van der Waals surface area contributed by atoms with Crippen LogP contribution >= 0.6 is 0 Å². The highest BCUT2D eigenvalue weighted by atomic mass is 16.5. The molecule has 0 radical (unpaired) electrons. The number of methoxy groups -OCH3 is 1. The first kappa shape index (κ1) is 15.9. The molecule has 1 aromatic heterocycles. The highest BCUT2D eigenvalue weighted by Crippen LogP contribution is 2.13. The van der Waals surface area contributed by atoms with E-state index in [1.807, 2.05) is 44.2 Å². The van der Waals surface area contributed by atoms with Crippen molar-refractivity contribution in [2.75, 3.05) is 7.11 Å². The lowest BCUT2D eigenvalue weighted by molar-refractivity contribution is 0.0585. The van der Waals surface area contributed by atoms with E-state index < -0.39 is 5.97 Å². The second-order valence-corrected chi connectivity index (χ2v) is 5.45. The first-order valence-corrected chi connectivity index (χ1v) is 7.19. The molecule has 0 fully saturated rings. The number of ether oxygens (including phenoxy) is 1. The summed E-state index contributed by atoms with van der Waals surface area (Å²) in [7, 11) is 1.30. The third-order valence-corrected chi connectivity index (χ3v) is 3.47. The number of hydrogen-bond acceptors (Lipinski definition) is 4. The summed E-state index contributed by atoms with van der Waals surface area (Å²) < 4.78 is 6.27. The molecule has 1 aromatic carbocycles. The Hall–Kier alpha value is -2.43. The fourth-order valence-corrected chi connectivity index (χ4v) is 2.36. The van der Waals surface area contributed by atoms with Crippen LogP contribution in [0.4, 0.5) is 0 Å². The van der Waals surface area contributed by atoms with Gasteiger partial charge in [-0.1, -0.05) is 44.2 Å². The molecule has 0 aliphatic carbocycles. The third-order valence-electron chi connectivity index (χ3n) is 3.47. The van der Waals surface area contributed by atoms with Crippen LogP contribution in [0.3, 0.4) is 0 Å². The number of nitrogens with zero attached hydrogens (tertiary/aromatic N) is 2. The zero-order chi connectivity index (χ0) is 16.3. The standard InChI is InChI=1S/C17H20N2O3/c1-11(2)14-16(20)19(10-13-8-6-5-7-9-13)15(12(3)18-14)17(21)22-4/h5-9,11H,10H2,1-4H3. The van der Waals surface area contributed by atoms with Gasteiger partial charge in [0.2, 0.25) is 0 Å². The van der Waals surface area contributed by atoms with Crippen molar-refractivity contribution >= 4 is 5.97 Å². The van der Waals surface area contributed by atoms with Gasteiger partial charge in [-0.05, 0) is 12.5 Å². The summed E-state index contributed by atoms with van der Waals surface area (Å²) in [5.41, 5.74) is 1.87. The minimum Gasteiger partial charge on any atom is -0.464 e. The van der Waals surface area contributed by atoms with E-state index in [1.165, 1.54) is 11.7 Å². The van der Waals surface area contributed by atoms with Crippen molar-refractivity contribution in [3.63, 3.8) is 0 Å². The first-order valence-electron chi connectivity index (χ1n) is 7.19. The van der Waals surface area contributed by atoms with Crippen molar-refractivity contribution in [3.8, 4) is 0 Å². The molecule has 22 heavy (non-hydrogen) atoms. The van der Waals surface area contributed by atoms with E-state index in [1.54, 1.807) is 6.92 Å². The van der Waals surface area contributed by atoms with Crippen LogP contribution in [0.2, 0.25) is 0 Å². The molecule has 0 saturated heterocycles. The number of carbonyl (C=O) groups is 1. The average molecular weight is 300 g/mol. The highest BCUT2D eigenvalue weighted by Gasteiger charge is 2.21. The van der Waals surface area contributed by atoms with Crippen LogP contribution in [0.15, 0.2) is 35.1 Å². The second-order valence-electron chi connectivity index (χ2n) is 5.45. The van der Waals surface area contributed by atoms with E-state index in [-0.39, 0.29) is 17.2 Å². The maximum Gasteiger partial charge on any atom is 0.356 e. The molecule has 2 aromatic rings. The summed E-state index contributed by atoms with van der Waals surface area (Å²) in [5.74, 6) is -0.562. The number of esters is 1. The quantitative estimate of drug-likeness (QED) is 0.814. The zero-order valence-electron chi connectivity index (χ0n) is 13.3. The first-order chi connectivity index (χ1) is 10.5. The topological polar surface area (TPSA) is 61.2 Å². The van der Waals surface area contributed by atoms with Gasteiger partial charge in [0.15, 0.2) is 5.69 Å². The molecule has 0 unspecified atom stereocenters.